The van der Waals surface area contributed by atoms with Crippen molar-refractivity contribution in [3.8, 4) is 5.88 Å². The van der Waals surface area contributed by atoms with Gasteiger partial charge in [-0.25, -0.2) is 0 Å². The molecular formula is C11H13N3O. The highest BCUT2D eigenvalue weighted by Crippen LogP contribution is 2.45. The first-order valence-corrected chi connectivity index (χ1v) is 5.04. The van der Waals surface area contributed by atoms with E-state index in [0.717, 1.165) is 23.9 Å². The highest BCUT2D eigenvalue weighted by atomic mass is 16.5. The van der Waals surface area contributed by atoms with Crippen molar-refractivity contribution in [1.82, 2.24) is 9.97 Å². The quantitative estimate of drug-likeness (QED) is 0.777. The molecule has 78 valence electrons. The number of pyridine rings is 1. The van der Waals surface area contributed by atoms with Crippen molar-refractivity contribution < 1.29 is 4.74 Å². The van der Waals surface area contributed by atoms with Crippen LogP contribution < -0.4 is 10.5 Å². The zero-order valence-corrected chi connectivity index (χ0v) is 8.58. The number of nitrogens with two attached hydrogens (primary N) is 1. The molecule has 15 heavy (non-hydrogen) atoms. The lowest BCUT2D eigenvalue weighted by Gasteiger charge is -2.06. The second-order valence-electron chi connectivity index (χ2n) is 4.11. The molecule has 1 fully saturated rings. The summed E-state index contributed by atoms with van der Waals surface area (Å²) in [7, 11) is 1.61. The number of nitrogens with one attached hydrogen (secondary N) is 1. The number of fused-ring (bicyclic) bond motifs is 1. The van der Waals surface area contributed by atoms with Crippen molar-refractivity contribution in [2.75, 3.05) is 7.11 Å². The van der Waals surface area contributed by atoms with Crippen molar-refractivity contribution in [2.45, 2.75) is 18.4 Å². The van der Waals surface area contributed by atoms with Crippen LogP contribution in [0.15, 0.2) is 18.3 Å². The van der Waals surface area contributed by atoms with Gasteiger partial charge in [0.2, 0.25) is 5.88 Å². The first-order valence-electron chi connectivity index (χ1n) is 5.04. The van der Waals surface area contributed by atoms with Gasteiger partial charge >= 0.3 is 0 Å². The summed E-state index contributed by atoms with van der Waals surface area (Å²) < 4.78 is 5.07. The summed E-state index contributed by atoms with van der Waals surface area (Å²) in [4.78, 5) is 7.46. The van der Waals surface area contributed by atoms with E-state index in [2.05, 4.69) is 9.97 Å². The van der Waals surface area contributed by atoms with Crippen LogP contribution in [0.3, 0.4) is 0 Å². The minimum atomic E-state index is -0.117. The molecule has 0 aliphatic heterocycles. The molecule has 0 aromatic carbocycles. The average Bonchev–Trinajstić information content (AvgIpc) is 2.86. The van der Waals surface area contributed by atoms with Crippen LogP contribution in [0.1, 0.15) is 18.4 Å². The molecule has 4 nitrogen and oxygen atoms in total. The smallest absolute Gasteiger partial charge is 0.214 e. The summed E-state index contributed by atoms with van der Waals surface area (Å²) in [5.41, 5.74) is 8.08. The number of aromatic nitrogens is 2. The normalized spacial score (nSPS) is 18.0. The van der Waals surface area contributed by atoms with Gasteiger partial charge < -0.3 is 15.5 Å². The van der Waals surface area contributed by atoms with Gasteiger partial charge in [-0.15, -0.1) is 0 Å². The molecule has 1 aliphatic carbocycles. The maximum atomic E-state index is 6.17. The number of hydrogen-bond acceptors (Lipinski definition) is 3. The lowest BCUT2D eigenvalue weighted by Crippen LogP contribution is -2.17. The van der Waals surface area contributed by atoms with Gasteiger partial charge in [-0.2, -0.15) is 4.98 Å². The highest BCUT2D eigenvalue weighted by molar-refractivity contribution is 5.82. The number of H-pyrrole nitrogens is 1. The third-order valence-electron chi connectivity index (χ3n) is 3.05. The van der Waals surface area contributed by atoms with E-state index in [1.807, 2.05) is 18.3 Å². The van der Waals surface area contributed by atoms with Gasteiger partial charge in [0.1, 0.15) is 5.65 Å². The van der Waals surface area contributed by atoms with Crippen molar-refractivity contribution >= 4 is 11.0 Å². The van der Waals surface area contributed by atoms with E-state index >= 15 is 0 Å². The maximum absolute atomic E-state index is 6.17. The van der Waals surface area contributed by atoms with Crippen LogP contribution in [-0.4, -0.2) is 17.1 Å². The summed E-state index contributed by atoms with van der Waals surface area (Å²) in [6.45, 7) is 0. The Morgan fingerprint density at radius 2 is 2.27 bits per heavy atom. The Labute approximate surface area is 87.4 Å². The van der Waals surface area contributed by atoms with Gasteiger partial charge in [0.05, 0.1) is 7.11 Å². The summed E-state index contributed by atoms with van der Waals surface area (Å²) in [6.07, 6.45) is 4.09. The maximum Gasteiger partial charge on any atom is 0.214 e. The molecule has 0 spiro atoms. The Kier molecular flexibility index (Phi) is 1.59. The number of ether oxygens (including phenoxy) is 1. The van der Waals surface area contributed by atoms with Crippen molar-refractivity contribution in [1.29, 1.82) is 0 Å². The SMILES string of the molecule is COc1ccc2c(C3(N)CC3)c[nH]c2n1. The Morgan fingerprint density at radius 1 is 1.47 bits per heavy atom. The standard InChI is InChI=1S/C11H13N3O/c1-15-9-3-2-7-8(11(12)4-5-11)6-13-10(7)14-9/h2-3,6H,4-5,12H2,1H3,(H,13,14). The molecule has 1 saturated carbocycles. The predicted octanol–water partition coefficient (Wildman–Crippen LogP) is 1.52. The van der Waals surface area contributed by atoms with Gasteiger partial charge in [0, 0.05) is 23.2 Å². The molecular weight excluding hydrogens is 190 g/mol. The molecule has 0 unspecified atom stereocenters. The summed E-state index contributed by atoms with van der Waals surface area (Å²) in [6, 6.07) is 3.88. The third kappa shape index (κ3) is 1.22. The van der Waals surface area contributed by atoms with Crippen LogP contribution in [0.4, 0.5) is 0 Å². The lowest BCUT2D eigenvalue weighted by atomic mass is 10.1. The van der Waals surface area contributed by atoms with E-state index in [1.54, 1.807) is 7.11 Å². The molecule has 0 amide bonds. The molecule has 3 N–H and O–H groups in total. The molecule has 2 heterocycles. The Bertz CT molecular complexity index is 514. The van der Waals surface area contributed by atoms with E-state index in [4.69, 9.17) is 10.5 Å². The Hall–Kier alpha value is -1.55. The molecule has 1 aliphatic rings. The number of hydrogen-bond donors (Lipinski definition) is 2. The summed E-state index contributed by atoms with van der Waals surface area (Å²) in [5, 5.41) is 1.11. The Balaban J connectivity index is 2.18. The van der Waals surface area contributed by atoms with Crippen LogP contribution >= 0.6 is 0 Å². The van der Waals surface area contributed by atoms with Gasteiger partial charge in [0.15, 0.2) is 0 Å². The van der Waals surface area contributed by atoms with E-state index in [-0.39, 0.29) is 5.54 Å². The van der Waals surface area contributed by atoms with Crippen molar-refractivity contribution in [2.24, 2.45) is 5.73 Å². The van der Waals surface area contributed by atoms with E-state index in [1.165, 1.54) is 5.56 Å². The number of aromatic amines is 1. The minimum Gasteiger partial charge on any atom is -0.481 e. The minimum absolute atomic E-state index is 0.117. The molecule has 2 aromatic heterocycles. The number of nitrogens with zero attached hydrogens (tertiary/aromatic N) is 1. The third-order valence-corrected chi connectivity index (χ3v) is 3.05. The highest BCUT2D eigenvalue weighted by Gasteiger charge is 2.41. The zero-order valence-electron chi connectivity index (χ0n) is 8.58. The number of rotatable bonds is 2. The van der Waals surface area contributed by atoms with Gasteiger partial charge in [-0.05, 0) is 24.5 Å². The molecule has 0 saturated heterocycles. The molecule has 0 atom stereocenters. The molecule has 2 aromatic rings. The molecule has 3 rings (SSSR count). The van der Waals surface area contributed by atoms with Crippen LogP contribution in [0.25, 0.3) is 11.0 Å². The molecule has 0 radical (unpaired) electrons. The van der Waals surface area contributed by atoms with E-state index in [9.17, 15) is 0 Å². The monoisotopic (exact) mass is 203 g/mol. The van der Waals surface area contributed by atoms with E-state index in [0.29, 0.717) is 5.88 Å². The molecule has 0 bridgehead atoms. The van der Waals surface area contributed by atoms with E-state index < -0.39 is 0 Å². The second kappa shape index (κ2) is 2.73. The van der Waals surface area contributed by atoms with Gasteiger partial charge in [-0.1, -0.05) is 0 Å². The fraction of sp³-hybridized carbons (Fsp3) is 0.364. The predicted molar refractivity (Wildman–Crippen MR) is 57.7 cm³/mol. The fourth-order valence-electron chi connectivity index (χ4n) is 1.92. The topological polar surface area (TPSA) is 63.9 Å². The first-order chi connectivity index (χ1) is 7.23. The van der Waals surface area contributed by atoms with Crippen LogP contribution in [0.5, 0.6) is 5.88 Å². The van der Waals surface area contributed by atoms with Crippen molar-refractivity contribution in [3.05, 3.63) is 23.9 Å². The fourth-order valence-corrected chi connectivity index (χ4v) is 1.92. The summed E-state index contributed by atoms with van der Waals surface area (Å²) in [5.74, 6) is 0.623. The van der Waals surface area contributed by atoms with Crippen molar-refractivity contribution in [3.63, 3.8) is 0 Å². The average molecular weight is 203 g/mol. The molecule has 4 heteroatoms. The first kappa shape index (κ1) is 8.73. The van der Waals surface area contributed by atoms with Crippen LogP contribution in [0, 0.1) is 0 Å². The van der Waals surface area contributed by atoms with Gasteiger partial charge in [-0.3, -0.25) is 0 Å². The van der Waals surface area contributed by atoms with Crippen LogP contribution in [0.2, 0.25) is 0 Å². The summed E-state index contributed by atoms with van der Waals surface area (Å²) >= 11 is 0. The Morgan fingerprint density at radius 3 is 2.93 bits per heavy atom. The zero-order chi connectivity index (χ0) is 10.5. The lowest BCUT2D eigenvalue weighted by molar-refractivity contribution is 0.399. The number of methoxy groups -OCH3 is 1. The largest absolute Gasteiger partial charge is 0.481 e. The second-order valence-corrected chi connectivity index (χ2v) is 4.11. The van der Waals surface area contributed by atoms with Crippen LogP contribution in [-0.2, 0) is 5.54 Å². The van der Waals surface area contributed by atoms with Gasteiger partial charge in [0.25, 0.3) is 0 Å².